The molecule has 1 aliphatic rings. The van der Waals surface area contributed by atoms with Gasteiger partial charge in [0.15, 0.2) is 0 Å². The second-order valence-corrected chi connectivity index (χ2v) is 8.43. The van der Waals surface area contributed by atoms with Gasteiger partial charge < -0.3 is 4.74 Å². The molecule has 1 saturated heterocycles. The van der Waals surface area contributed by atoms with Gasteiger partial charge in [0, 0.05) is 37.5 Å². The number of nitro groups is 2. The number of benzene rings is 2. The Hall–Kier alpha value is -3.68. The first-order valence-electron chi connectivity index (χ1n) is 9.36. The Balaban J connectivity index is 1.83. The van der Waals surface area contributed by atoms with Gasteiger partial charge in [-0.3, -0.25) is 25.7 Å². The maximum atomic E-state index is 13.0. The highest BCUT2D eigenvalue weighted by molar-refractivity contribution is 7.89. The van der Waals surface area contributed by atoms with Gasteiger partial charge >= 0.3 is 0 Å². The molecular weight excluding hydrogens is 442 g/mol. The van der Waals surface area contributed by atoms with Crippen molar-refractivity contribution in [2.45, 2.75) is 4.90 Å². The second kappa shape index (κ2) is 10.1. The van der Waals surface area contributed by atoms with Crippen molar-refractivity contribution in [1.82, 2.24) is 4.31 Å². The molecule has 3 rings (SSSR count). The van der Waals surface area contributed by atoms with E-state index < -0.39 is 19.9 Å². The van der Waals surface area contributed by atoms with Gasteiger partial charge in [0.25, 0.3) is 11.4 Å². The predicted octanol–water partition coefficient (Wildman–Crippen LogP) is 2.64. The number of nitrogens with one attached hydrogen (secondary N) is 1. The molecule has 0 aliphatic carbocycles. The fourth-order valence-electron chi connectivity index (χ4n) is 2.95. The lowest BCUT2D eigenvalue weighted by Crippen LogP contribution is -2.40. The first kappa shape index (κ1) is 23.0. The number of rotatable bonds is 8. The Morgan fingerprint density at radius 3 is 2.47 bits per heavy atom. The van der Waals surface area contributed by atoms with Crippen LogP contribution in [-0.4, -0.2) is 55.1 Å². The topological polar surface area (TPSA) is 157 Å². The molecule has 2 aromatic rings. The predicted molar refractivity (Wildman–Crippen MR) is 117 cm³/mol. The molecule has 1 heterocycles. The van der Waals surface area contributed by atoms with Crippen LogP contribution in [0.25, 0.3) is 6.08 Å². The fourth-order valence-corrected chi connectivity index (χ4v) is 4.52. The summed E-state index contributed by atoms with van der Waals surface area (Å²) in [5.41, 5.74) is 2.55. The number of ether oxygens (including phenoxy) is 1. The van der Waals surface area contributed by atoms with Crippen LogP contribution in [0.5, 0.6) is 0 Å². The lowest BCUT2D eigenvalue weighted by molar-refractivity contribution is -0.385. The number of sulfonamides is 1. The summed E-state index contributed by atoms with van der Waals surface area (Å²) >= 11 is 0. The van der Waals surface area contributed by atoms with Gasteiger partial charge in [-0.05, 0) is 24.3 Å². The van der Waals surface area contributed by atoms with Crippen LogP contribution in [0.3, 0.4) is 0 Å². The third-order valence-corrected chi connectivity index (χ3v) is 6.46. The van der Waals surface area contributed by atoms with Gasteiger partial charge in [-0.25, -0.2) is 8.42 Å². The summed E-state index contributed by atoms with van der Waals surface area (Å²) < 4.78 is 32.4. The van der Waals surface area contributed by atoms with E-state index in [1.807, 2.05) is 0 Å². The SMILES string of the molecule is O=[N+]([O-])c1ccc(N/N=C/C=C/c2ccccc2[N+](=O)[O-])c(S(=O)(=O)N2CCOCC2)c1. The molecule has 168 valence electrons. The third kappa shape index (κ3) is 5.32. The molecule has 0 saturated carbocycles. The average molecular weight is 461 g/mol. The fraction of sp³-hybridized carbons (Fsp3) is 0.211. The largest absolute Gasteiger partial charge is 0.379 e. The minimum Gasteiger partial charge on any atom is -0.379 e. The second-order valence-electron chi connectivity index (χ2n) is 6.52. The summed E-state index contributed by atoms with van der Waals surface area (Å²) in [6.07, 6.45) is 4.20. The molecule has 0 radical (unpaired) electrons. The lowest BCUT2D eigenvalue weighted by atomic mass is 10.2. The van der Waals surface area contributed by atoms with Crippen LogP contribution in [0.4, 0.5) is 17.1 Å². The van der Waals surface area contributed by atoms with Crippen LogP contribution in [-0.2, 0) is 14.8 Å². The van der Waals surface area contributed by atoms with Crippen LogP contribution in [0, 0.1) is 20.2 Å². The molecule has 13 heteroatoms. The number of non-ortho nitro benzene ring substituents is 1. The van der Waals surface area contributed by atoms with E-state index in [-0.39, 0.29) is 48.3 Å². The van der Waals surface area contributed by atoms with Crippen LogP contribution >= 0.6 is 0 Å². The summed E-state index contributed by atoms with van der Waals surface area (Å²) in [6, 6.07) is 9.55. The number of hydrogen-bond donors (Lipinski definition) is 1. The molecule has 0 unspecified atom stereocenters. The number of para-hydroxylation sites is 1. The van der Waals surface area contributed by atoms with Crippen LogP contribution in [0.2, 0.25) is 0 Å². The zero-order valence-corrected chi connectivity index (χ0v) is 17.5. The Labute approximate surface area is 183 Å². The van der Waals surface area contributed by atoms with Crippen molar-refractivity contribution in [2.24, 2.45) is 5.10 Å². The first-order valence-corrected chi connectivity index (χ1v) is 10.8. The number of nitro benzene ring substituents is 2. The van der Waals surface area contributed by atoms with Gasteiger partial charge in [0.2, 0.25) is 10.0 Å². The van der Waals surface area contributed by atoms with Crippen molar-refractivity contribution in [3.63, 3.8) is 0 Å². The average Bonchev–Trinajstić information content (AvgIpc) is 2.79. The molecule has 1 aliphatic heterocycles. The van der Waals surface area contributed by atoms with Gasteiger partial charge in [-0.1, -0.05) is 12.1 Å². The summed E-state index contributed by atoms with van der Waals surface area (Å²) in [6.45, 7) is 0.718. The van der Waals surface area contributed by atoms with Crippen LogP contribution in [0.15, 0.2) is 58.5 Å². The molecule has 0 aromatic heterocycles. The normalized spacial score (nSPS) is 15.2. The standard InChI is InChI=1S/C19H19N5O7S/c25-23(26)16-7-8-17(19(14-16)32(29,30)22-10-12-31-13-11-22)21-20-9-3-5-15-4-1-2-6-18(15)24(27)28/h1-9,14,21H,10-13H2/b5-3+,20-9+. The molecule has 32 heavy (non-hydrogen) atoms. The Morgan fingerprint density at radius 1 is 1.06 bits per heavy atom. The van der Waals surface area contributed by atoms with Crippen molar-refractivity contribution in [2.75, 3.05) is 31.7 Å². The summed E-state index contributed by atoms with van der Waals surface area (Å²) in [7, 11) is -4.03. The van der Waals surface area contributed by atoms with Gasteiger partial charge in [-0.15, -0.1) is 0 Å². The zero-order chi connectivity index (χ0) is 23.1. The summed E-state index contributed by atoms with van der Waals surface area (Å²) in [4.78, 5) is 20.7. The minimum absolute atomic E-state index is 0.0532. The highest BCUT2D eigenvalue weighted by Gasteiger charge is 2.30. The van der Waals surface area contributed by atoms with Crippen LogP contribution in [0.1, 0.15) is 5.56 Å². The van der Waals surface area contributed by atoms with Gasteiger partial charge in [0.1, 0.15) is 4.90 Å². The number of hydrazone groups is 1. The first-order chi connectivity index (χ1) is 15.3. The van der Waals surface area contributed by atoms with E-state index in [2.05, 4.69) is 10.5 Å². The molecule has 1 fully saturated rings. The van der Waals surface area contributed by atoms with Gasteiger partial charge in [-0.2, -0.15) is 9.41 Å². The van der Waals surface area contributed by atoms with E-state index in [0.29, 0.717) is 5.56 Å². The number of morpholine rings is 1. The maximum Gasteiger partial charge on any atom is 0.276 e. The molecule has 2 aromatic carbocycles. The maximum absolute atomic E-state index is 13.0. The van der Waals surface area contributed by atoms with Crippen molar-refractivity contribution in [1.29, 1.82) is 0 Å². The van der Waals surface area contributed by atoms with E-state index >= 15 is 0 Å². The highest BCUT2D eigenvalue weighted by Crippen LogP contribution is 2.29. The quantitative estimate of drug-likeness (QED) is 0.357. The zero-order valence-electron chi connectivity index (χ0n) is 16.7. The van der Waals surface area contributed by atoms with E-state index in [9.17, 15) is 28.6 Å². The number of nitrogens with zero attached hydrogens (tertiary/aromatic N) is 4. The highest BCUT2D eigenvalue weighted by atomic mass is 32.2. The van der Waals surface area contributed by atoms with E-state index in [1.165, 1.54) is 40.9 Å². The summed E-state index contributed by atoms with van der Waals surface area (Å²) in [5.74, 6) is 0. The molecule has 1 N–H and O–H groups in total. The number of hydrogen-bond acceptors (Lipinski definition) is 9. The number of anilines is 1. The monoisotopic (exact) mass is 461 g/mol. The molecule has 12 nitrogen and oxygen atoms in total. The Kier molecular flexibility index (Phi) is 7.25. The third-order valence-electron chi connectivity index (χ3n) is 4.52. The molecular formula is C19H19N5O7S. The van der Waals surface area contributed by atoms with Crippen molar-refractivity contribution in [3.8, 4) is 0 Å². The molecule has 0 bridgehead atoms. The Morgan fingerprint density at radius 2 is 1.78 bits per heavy atom. The Bertz CT molecular complexity index is 1170. The van der Waals surface area contributed by atoms with Crippen molar-refractivity contribution in [3.05, 3.63) is 74.3 Å². The minimum atomic E-state index is -4.03. The van der Waals surface area contributed by atoms with Crippen molar-refractivity contribution < 1.29 is 23.0 Å². The van der Waals surface area contributed by atoms with Crippen molar-refractivity contribution >= 4 is 39.4 Å². The lowest BCUT2D eigenvalue weighted by Gasteiger charge is -2.26. The van der Waals surface area contributed by atoms with E-state index in [0.717, 1.165) is 6.07 Å². The summed E-state index contributed by atoms with van der Waals surface area (Å²) in [5, 5.41) is 26.1. The van der Waals surface area contributed by atoms with Gasteiger partial charge in [0.05, 0.1) is 34.3 Å². The van der Waals surface area contributed by atoms with Crippen LogP contribution < -0.4 is 5.43 Å². The molecule has 0 spiro atoms. The molecule has 0 amide bonds. The van der Waals surface area contributed by atoms with E-state index in [4.69, 9.17) is 4.74 Å². The number of allylic oxidation sites excluding steroid dienone is 1. The van der Waals surface area contributed by atoms with E-state index in [1.54, 1.807) is 18.2 Å². The molecule has 0 atom stereocenters. The smallest absolute Gasteiger partial charge is 0.276 e.